The largest absolute Gasteiger partial charge is 0.462 e. The summed E-state index contributed by atoms with van der Waals surface area (Å²) in [5, 5.41) is 11.6. The molecule has 1 N–H and O–H groups in total. The summed E-state index contributed by atoms with van der Waals surface area (Å²) in [5.41, 5.74) is 2.96. The highest BCUT2D eigenvalue weighted by atomic mass is 16.5. The molecule has 1 amide bonds. The maximum atomic E-state index is 12.7. The van der Waals surface area contributed by atoms with Crippen molar-refractivity contribution < 1.29 is 19.1 Å². The molecule has 3 heterocycles. The minimum atomic E-state index is -0.381. The number of carbonyl (C=O) groups excluding carboxylic acids is 2. The molecule has 0 aromatic carbocycles. The lowest BCUT2D eigenvalue weighted by atomic mass is 10.0. The topological polar surface area (TPSA) is 100 Å². The number of rotatable bonds is 6. The van der Waals surface area contributed by atoms with Gasteiger partial charge in [0.25, 0.3) is 5.91 Å². The van der Waals surface area contributed by atoms with Crippen molar-refractivity contribution in [3.8, 4) is 0 Å². The predicted molar refractivity (Wildman–Crippen MR) is 106 cm³/mol. The number of amides is 1. The third-order valence-electron chi connectivity index (χ3n) is 4.85. The van der Waals surface area contributed by atoms with Gasteiger partial charge in [-0.1, -0.05) is 0 Å². The molecule has 3 rings (SSSR count). The Morgan fingerprint density at radius 3 is 2.93 bits per heavy atom. The number of hydrogen-bond donors (Lipinski definition) is 1. The lowest BCUT2D eigenvalue weighted by molar-refractivity contribution is 0.0500. The zero-order valence-electron chi connectivity index (χ0n) is 17.1. The van der Waals surface area contributed by atoms with Crippen molar-refractivity contribution in [1.82, 2.24) is 24.9 Å². The molecule has 0 atom stereocenters. The average molecular weight is 403 g/mol. The second kappa shape index (κ2) is 10.2. The molecule has 1 aliphatic heterocycles. The number of aromatic nitrogens is 4. The van der Waals surface area contributed by atoms with E-state index < -0.39 is 0 Å². The molecule has 0 saturated carbocycles. The molecule has 0 aliphatic carbocycles. The highest BCUT2D eigenvalue weighted by Crippen LogP contribution is 2.19. The Kier molecular flexibility index (Phi) is 7.40. The minimum Gasteiger partial charge on any atom is -0.462 e. The summed E-state index contributed by atoms with van der Waals surface area (Å²) in [4.78, 5) is 24.7. The van der Waals surface area contributed by atoms with Gasteiger partial charge >= 0.3 is 5.97 Å². The number of nitrogens with zero attached hydrogens (tertiary/aromatic N) is 4. The van der Waals surface area contributed by atoms with Crippen molar-refractivity contribution in [2.75, 3.05) is 26.4 Å². The van der Waals surface area contributed by atoms with Crippen LogP contribution in [0.4, 0.5) is 0 Å². The average Bonchev–Trinajstić information content (AvgIpc) is 3.29. The van der Waals surface area contributed by atoms with Crippen molar-refractivity contribution >= 4 is 11.9 Å². The molecular formula is C20H29N5O4. The van der Waals surface area contributed by atoms with Crippen LogP contribution in [0.5, 0.6) is 0 Å². The van der Waals surface area contributed by atoms with Gasteiger partial charge < -0.3 is 14.8 Å². The van der Waals surface area contributed by atoms with Gasteiger partial charge in [-0.3, -0.25) is 14.2 Å². The molecule has 0 radical (unpaired) electrons. The highest BCUT2D eigenvalue weighted by Gasteiger charge is 2.23. The number of esters is 1. The maximum Gasteiger partial charge on any atom is 0.341 e. The van der Waals surface area contributed by atoms with E-state index in [2.05, 4.69) is 15.5 Å². The molecule has 0 spiro atoms. The molecule has 1 aliphatic rings. The van der Waals surface area contributed by atoms with Crippen molar-refractivity contribution in [2.24, 2.45) is 7.05 Å². The molecule has 158 valence electrons. The molecule has 29 heavy (non-hydrogen) atoms. The number of fused-ring (bicyclic) bond motifs is 1. The Bertz CT molecular complexity index is 842. The Hall–Kier alpha value is -2.68. The van der Waals surface area contributed by atoms with E-state index in [1.165, 1.54) is 6.20 Å². The second-order valence-corrected chi connectivity index (χ2v) is 7.06. The maximum absolute atomic E-state index is 12.7. The van der Waals surface area contributed by atoms with Crippen molar-refractivity contribution in [2.45, 2.75) is 45.6 Å². The van der Waals surface area contributed by atoms with Crippen molar-refractivity contribution in [1.29, 1.82) is 0 Å². The summed E-state index contributed by atoms with van der Waals surface area (Å²) in [6.07, 6.45) is 6.79. The van der Waals surface area contributed by atoms with Crippen LogP contribution in [-0.4, -0.2) is 57.8 Å². The van der Waals surface area contributed by atoms with Crippen molar-refractivity contribution in [3.63, 3.8) is 0 Å². The standard InChI is InChI=1S/C20H29N5O4/c1-3-25-18-16(7-4-10-28-11-6-9-21-19(18)26)17(23-25)8-5-12-29-20(27)15-13-22-24(2)14-15/h13-14H,3-12H2,1-2H3,(H,21,26). The summed E-state index contributed by atoms with van der Waals surface area (Å²) in [6, 6.07) is 0. The number of ether oxygens (including phenoxy) is 2. The van der Waals surface area contributed by atoms with Gasteiger partial charge in [0, 0.05) is 45.1 Å². The number of carbonyl (C=O) groups is 2. The third-order valence-corrected chi connectivity index (χ3v) is 4.85. The van der Waals surface area contributed by atoms with Crippen LogP contribution >= 0.6 is 0 Å². The number of nitrogens with one attached hydrogen (secondary N) is 1. The summed E-state index contributed by atoms with van der Waals surface area (Å²) < 4.78 is 14.3. The minimum absolute atomic E-state index is 0.0782. The first-order valence-electron chi connectivity index (χ1n) is 10.2. The van der Waals surface area contributed by atoms with E-state index in [4.69, 9.17) is 9.47 Å². The number of hydrogen-bond acceptors (Lipinski definition) is 6. The smallest absolute Gasteiger partial charge is 0.341 e. The quantitative estimate of drug-likeness (QED) is 0.580. The predicted octanol–water partition coefficient (Wildman–Crippen LogP) is 1.51. The fourth-order valence-corrected chi connectivity index (χ4v) is 3.42. The van der Waals surface area contributed by atoms with Gasteiger partial charge in [-0.05, 0) is 39.0 Å². The van der Waals surface area contributed by atoms with Gasteiger partial charge in [-0.15, -0.1) is 0 Å². The van der Waals surface area contributed by atoms with Crippen molar-refractivity contribution in [3.05, 3.63) is 34.9 Å². The van der Waals surface area contributed by atoms with E-state index in [1.807, 2.05) is 6.92 Å². The molecule has 0 unspecified atom stereocenters. The molecule has 2 aromatic rings. The van der Waals surface area contributed by atoms with E-state index in [0.717, 1.165) is 30.5 Å². The summed E-state index contributed by atoms with van der Waals surface area (Å²) >= 11 is 0. The monoisotopic (exact) mass is 403 g/mol. The second-order valence-electron chi connectivity index (χ2n) is 7.06. The van der Waals surface area contributed by atoms with E-state index in [0.29, 0.717) is 50.4 Å². The molecule has 0 fully saturated rings. The van der Waals surface area contributed by atoms with Crippen LogP contribution in [0.3, 0.4) is 0 Å². The summed E-state index contributed by atoms with van der Waals surface area (Å²) in [7, 11) is 1.75. The van der Waals surface area contributed by atoms with E-state index in [9.17, 15) is 9.59 Å². The normalized spacial score (nSPS) is 15.3. The number of aryl methyl sites for hydroxylation is 3. The Morgan fingerprint density at radius 1 is 1.34 bits per heavy atom. The van der Waals surface area contributed by atoms with Gasteiger partial charge in [0.05, 0.1) is 24.1 Å². The zero-order chi connectivity index (χ0) is 20.6. The van der Waals surface area contributed by atoms with Gasteiger partial charge in [0.1, 0.15) is 5.69 Å². The lowest BCUT2D eigenvalue weighted by Gasteiger charge is -2.08. The van der Waals surface area contributed by atoms with Gasteiger partial charge in [0.15, 0.2) is 0 Å². The fourth-order valence-electron chi connectivity index (χ4n) is 3.42. The fraction of sp³-hybridized carbons (Fsp3) is 0.600. The first-order chi connectivity index (χ1) is 14.1. The van der Waals surface area contributed by atoms with Crippen LogP contribution in [0.1, 0.15) is 58.3 Å². The van der Waals surface area contributed by atoms with Crippen LogP contribution in [0.25, 0.3) is 0 Å². The highest BCUT2D eigenvalue weighted by molar-refractivity contribution is 5.94. The Labute approximate surface area is 170 Å². The molecule has 9 heteroatoms. The Morgan fingerprint density at radius 2 is 2.17 bits per heavy atom. The molecular weight excluding hydrogens is 374 g/mol. The summed E-state index contributed by atoms with van der Waals surface area (Å²) in [5.74, 6) is -0.460. The van der Waals surface area contributed by atoms with Crippen LogP contribution in [-0.2, 0) is 35.9 Å². The first kappa shape index (κ1) is 21.0. The van der Waals surface area contributed by atoms with Gasteiger partial charge in [0.2, 0.25) is 0 Å². The van der Waals surface area contributed by atoms with Crippen LogP contribution < -0.4 is 5.32 Å². The zero-order valence-corrected chi connectivity index (χ0v) is 17.1. The lowest BCUT2D eigenvalue weighted by Crippen LogP contribution is -2.28. The molecule has 2 aromatic heterocycles. The van der Waals surface area contributed by atoms with E-state index >= 15 is 0 Å². The van der Waals surface area contributed by atoms with Crippen LogP contribution in [0.15, 0.2) is 12.4 Å². The molecule has 9 nitrogen and oxygen atoms in total. The third kappa shape index (κ3) is 5.44. The first-order valence-corrected chi connectivity index (χ1v) is 10.2. The van der Waals surface area contributed by atoms with Crippen LogP contribution in [0.2, 0.25) is 0 Å². The summed E-state index contributed by atoms with van der Waals surface area (Å²) in [6.45, 7) is 4.82. The van der Waals surface area contributed by atoms with Crippen LogP contribution in [0, 0.1) is 0 Å². The van der Waals surface area contributed by atoms with Gasteiger partial charge in [-0.2, -0.15) is 10.2 Å². The Balaban J connectivity index is 1.65. The van der Waals surface area contributed by atoms with E-state index in [-0.39, 0.29) is 18.5 Å². The van der Waals surface area contributed by atoms with Gasteiger partial charge in [-0.25, -0.2) is 4.79 Å². The molecule has 0 saturated heterocycles. The molecule has 0 bridgehead atoms. The van der Waals surface area contributed by atoms with E-state index in [1.54, 1.807) is 22.6 Å². The SMILES string of the molecule is CCn1nc(CCCOC(=O)c2cnn(C)c2)c2c1C(=O)NCCCOCCC2.